The molecule has 17 heavy (non-hydrogen) atoms. The molecule has 0 radical (unpaired) electrons. The molecule has 1 unspecified atom stereocenters. The van der Waals surface area contributed by atoms with Gasteiger partial charge in [0.2, 0.25) is 0 Å². The SMILES string of the molecule is CCCc1ccc2c(c1)CNCC2CC(C)C. The van der Waals surface area contributed by atoms with Gasteiger partial charge < -0.3 is 5.32 Å². The Bertz CT molecular complexity index is 368. The summed E-state index contributed by atoms with van der Waals surface area (Å²) in [5.74, 6) is 1.50. The van der Waals surface area contributed by atoms with Crippen LogP contribution in [0.15, 0.2) is 18.2 Å². The van der Waals surface area contributed by atoms with Crippen LogP contribution in [-0.4, -0.2) is 6.54 Å². The van der Waals surface area contributed by atoms with E-state index in [1.807, 2.05) is 0 Å². The van der Waals surface area contributed by atoms with Crippen molar-refractivity contribution in [3.8, 4) is 0 Å². The van der Waals surface area contributed by atoms with E-state index in [0.29, 0.717) is 0 Å². The lowest BCUT2D eigenvalue weighted by molar-refractivity contribution is 0.448. The van der Waals surface area contributed by atoms with Gasteiger partial charge in [-0.25, -0.2) is 0 Å². The normalized spacial score (nSPS) is 19.4. The molecule has 1 aromatic rings. The van der Waals surface area contributed by atoms with Crippen molar-refractivity contribution < 1.29 is 0 Å². The molecule has 1 atom stereocenters. The van der Waals surface area contributed by atoms with E-state index in [1.165, 1.54) is 30.4 Å². The minimum atomic E-state index is 0.717. The van der Waals surface area contributed by atoms with E-state index in [1.54, 1.807) is 5.56 Å². The average molecular weight is 231 g/mol. The Kier molecular flexibility index (Phi) is 4.22. The van der Waals surface area contributed by atoms with Gasteiger partial charge in [0.1, 0.15) is 0 Å². The van der Waals surface area contributed by atoms with E-state index < -0.39 is 0 Å². The minimum absolute atomic E-state index is 0.717. The summed E-state index contributed by atoms with van der Waals surface area (Å²) >= 11 is 0. The van der Waals surface area contributed by atoms with Gasteiger partial charge in [-0.05, 0) is 41.4 Å². The third-order valence-corrected chi connectivity index (χ3v) is 3.65. The van der Waals surface area contributed by atoms with Crippen molar-refractivity contribution in [3.63, 3.8) is 0 Å². The van der Waals surface area contributed by atoms with Crippen molar-refractivity contribution in [2.24, 2.45) is 5.92 Å². The predicted molar refractivity (Wildman–Crippen MR) is 74.3 cm³/mol. The van der Waals surface area contributed by atoms with E-state index in [0.717, 1.165) is 24.9 Å². The van der Waals surface area contributed by atoms with Gasteiger partial charge >= 0.3 is 0 Å². The third-order valence-electron chi connectivity index (χ3n) is 3.65. The molecular weight excluding hydrogens is 206 g/mol. The van der Waals surface area contributed by atoms with Crippen molar-refractivity contribution in [2.75, 3.05) is 6.54 Å². The number of hydrogen-bond acceptors (Lipinski definition) is 1. The van der Waals surface area contributed by atoms with Crippen LogP contribution in [0.2, 0.25) is 0 Å². The maximum atomic E-state index is 3.57. The molecule has 1 heterocycles. The zero-order valence-corrected chi connectivity index (χ0v) is 11.4. The van der Waals surface area contributed by atoms with E-state index in [2.05, 4.69) is 44.3 Å². The lowest BCUT2D eigenvalue weighted by Gasteiger charge is -2.28. The smallest absolute Gasteiger partial charge is 0.0208 e. The molecule has 1 aliphatic heterocycles. The Hall–Kier alpha value is -0.820. The minimum Gasteiger partial charge on any atom is -0.312 e. The van der Waals surface area contributed by atoms with Gasteiger partial charge in [0.25, 0.3) is 0 Å². The van der Waals surface area contributed by atoms with Gasteiger partial charge in [-0.3, -0.25) is 0 Å². The standard InChI is InChI=1S/C16H25N/c1-4-5-13-6-7-16-14(8-12(2)3)10-17-11-15(16)9-13/h6-7,9,12,14,17H,4-5,8,10-11H2,1-3H3. The number of fused-ring (bicyclic) bond motifs is 1. The Labute approximate surface area is 106 Å². The van der Waals surface area contributed by atoms with Crippen molar-refractivity contribution in [3.05, 3.63) is 34.9 Å². The largest absolute Gasteiger partial charge is 0.312 e. The van der Waals surface area contributed by atoms with E-state index in [4.69, 9.17) is 0 Å². The zero-order chi connectivity index (χ0) is 12.3. The van der Waals surface area contributed by atoms with Crippen LogP contribution in [0.3, 0.4) is 0 Å². The predicted octanol–water partition coefficient (Wildman–Crippen LogP) is 3.87. The topological polar surface area (TPSA) is 12.0 Å². The highest BCUT2D eigenvalue weighted by Crippen LogP contribution is 2.30. The van der Waals surface area contributed by atoms with Gasteiger partial charge in [-0.1, -0.05) is 45.4 Å². The number of benzene rings is 1. The monoisotopic (exact) mass is 231 g/mol. The Balaban J connectivity index is 2.20. The summed E-state index contributed by atoms with van der Waals surface area (Å²) in [6, 6.07) is 7.13. The molecule has 0 saturated carbocycles. The molecule has 94 valence electrons. The van der Waals surface area contributed by atoms with Crippen LogP contribution in [0.25, 0.3) is 0 Å². The van der Waals surface area contributed by atoms with Crippen LogP contribution in [0.1, 0.15) is 56.2 Å². The molecule has 0 aromatic heterocycles. The quantitative estimate of drug-likeness (QED) is 0.829. The van der Waals surface area contributed by atoms with Crippen LogP contribution < -0.4 is 5.32 Å². The molecular formula is C16H25N. The number of hydrogen-bond donors (Lipinski definition) is 1. The highest BCUT2D eigenvalue weighted by atomic mass is 14.9. The van der Waals surface area contributed by atoms with Crippen LogP contribution in [0.5, 0.6) is 0 Å². The van der Waals surface area contributed by atoms with Crippen LogP contribution in [0.4, 0.5) is 0 Å². The lowest BCUT2D eigenvalue weighted by atomic mass is 9.84. The molecule has 0 amide bonds. The summed E-state index contributed by atoms with van der Waals surface area (Å²) in [4.78, 5) is 0. The second-order valence-electron chi connectivity index (χ2n) is 5.74. The van der Waals surface area contributed by atoms with Crippen molar-refractivity contribution >= 4 is 0 Å². The molecule has 1 heteroatoms. The maximum absolute atomic E-state index is 3.57. The highest BCUT2D eigenvalue weighted by Gasteiger charge is 2.20. The molecule has 0 aliphatic carbocycles. The van der Waals surface area contributed by atoms with Gasteiger partial charge in [-0.15, -0.1) is 0 Å². The molecule has 0 fully saturated rings. The van der Waals surface area contributed by atoms with Gasteiger partial charge in [0.15, 0.2) is 0 Å². The summed E-state index contributed by atoms with van der Waals surface area (Å²) in [6.45, 7) is 9.10. The first kappa shape index (κ1) is 12.6. The first-order valence-corrected chi connectivity index (χ1v) is 7.03. The summed E-state index contributed by atoms with van der Waals surface area (Å²) in [6.07, 6.45) is 3.75. The fourth-order valence-electron chi connectivity index (χ4n) is 2.92. The van der Waals surface area contributed by atoms with Crippen molar-refractivity contribution in [1.29, 1.82) is 0 Å². The molecule has 0 spiro atoms. The van der Waals surface area contributed by atoms with Crippen LogP contribution >= 0.6 is 0 Å². The number of aryl methyl sites for hydroxylation is 1. The van der Waals surface area contributed by atoms with E-state index in [-0.39, 0.29) is 0 Å². The second kappa shape index (κ2) is 5.68. The highest BCUT2D eigenvalue weighted by molar-refractivity contribution is 5.36. The van der Waals surface area contributed by atoms with E-state index >= 15 is 0 Å². The summed E-state index contributed by atoms with van der Waals surface area (Å²) < 4.78 is 0. The third kappa shape index (κ3) is 3.10. The Morgan fingerprint density at radius 1 is 1.35 bits per heavy atom. The van der Waals surface area contributed by atoms with Gasteiger partial charge in [0.05, 0.1) is 0 Å². The molecule has 2 rings (SSSR count). The fraction of sp³-hybridized carbons (Fsp3) is 0.625. The van der Waals surface area contributed by atoms with Crippen LogP contribution in [-0.2, 0) is 13.0 Å². The molecule has 0 bridgehead atoms. The molecule has 1 N–H and O–H groups in total. The summed E-state index contributed by atoms with van der Waals surface area (Å²) in [7, 11) is 0. The molecule has 1 aromatic carbocycles. The van der Waals surface area contributed by atoms with E-state index in [9.17, 15) is 0 Å². The van der Waals surface area contributed by atoms with Crippen molar-refractivity contribution in [2.45, 2.75) is 52.5 Å². The van der Waals surface area contributed by atoms with Gasteiger partial charge in [0, 0.05) is 13.1 Å². The van der Waals surface area contributed by atoms with Crippen molar-refractivity contribution in [1.82, 2.24) is 5.32 Å². The molecule has 1 nitrogen and oxygen atoms in total. The molecule has 0 saturated heterocycles. The van der Waals surface area contributed by atoms with Crippen LogP contribution in [0, 0.1) is 5.92 Å². The number of nitrogens with one attached hydrogen (secondary N) is 1. The first-order valence-electron chi connectivity index (χ1n) is 7.03. The zero-order valence-electron chi connectivity index (χ0n) is 11.4. The summed E-state index contributed by atoms with van der Waals surface area (Å²) in [5.41, 5.74) is 4.63. The number of rotatable bonds is 4. The Morgan fingerprint density at radius 2 is 2.18 bits per heavy atom. The van der Waals surface area contributed by atoms with Gasteiger partial charge in [-0.2, -0.15) is 0 Å². The second-order valence-corrected chi connectivity index (χ2v) is 5.74. The average Bonchev–Trinajstić information content (AvgIpc) is 2.29. The molecule has 1 aliphatic rings. The lowest BCUT2D eigenvalue weighted by Crippen LogP contribution is -2.29. The Morgan fingerprint density at radius 3 is 2.88 bits per heavy atom. The first-order chi connectivity index (χ1) is 8.20. The summed E-state index contributed by atoms with van der Waals surface area (Å²) in [5, 5.41) is 3.57. The fourth-order valence-corrected chi connectivity index (χ4v) is 2.92. The maximum Gasteiger partial charge on any atom is 0.0208 e.